The molecular weight excluding hydrogens is 456 g/mol. The number of rotatable bonds is 13. The van der Waals surface area contributed by atoms with Gasteiger partial charge in [-0.25, -0.2) is 0 Å². The van der Waals surface area contributed by atoms with E-state index < -0.39 is 0 Å². The molecule has 4 rings (SSSR count). The standard InChI is InChI=1S/C30H34O2S2/c1-3-19-31-21-17-23-5-9-25(10-6-23)27-13-15-29(33-27)30-16-14-28(34-30)26-11-7-24(8-12-26)18-22-32-20-4-2/h5-16H,3-4,17-22H2,1-2H3. The van der Waals surface area contributed by atoms with Gasteiger partial charge in [-0.3, -0.25) is 0 Å². The molecule has 0 saturated heterocycles. The Morgan fingerprint density at radius 2 is 0.853 bits per heavy atom. The molecular formula is C30H34O2S2. The number of hydrogen-bond donors (Lipinski definition) is 0. The van der Waals surface area contributed by atoms with Crippen LogP contribution in [0.5, 0.6) is 0 Å². The van der Waals surface area contributed by atoms with Crippen molar-refractivity contribution in [3.63, 3.8) is 0 Å². The maximum absolute atomic E-state index is 5.62. The minimum Gasteiger partial charge on any atom is -0.381 e. The molecule has 0 unspecified atom stereocenters. The third-order valence-corrected chi connectivity index (χ3v) is 8.16. The number of hydrogen-bond acceptors (Lipinski definition) is 4. The molecule has 0 bridgehead atoms. The fraction of sp³-hybridized carbons (Fsp3) is 0.333. The van der Waals surface area contributed by atoms with Crippen LogP contribution in [0.15, 0.2) is 72.8 Å². The molecule has 0 saturated carbocycles. The van der Waals surface area contributed by atoms with Crippen LogP contribution in [0.2, 0.25) is 0 Å². The third-order valence-electron chi connectivity index (χ3n) is 5.70. The van der Waals surface area contributed by atoms with E-state index in [2.05, 4.69) is 86.6 Å². The second kappa shape index (κ2) is 13.0. The molecule has 34 heavy (non-hydrogen) atoms. The molecule has 0 N–H and O–H groups in total. The summed E-state index contributed by atoms with van der Waals surface area (Å²) in [6, 6.07) is 26.8. The zero-order valence-electron chi connectivity index (χ0n) is 20.2. The van der Waals surface area contributed by atoms with Gasteiger partial charge in [-0.05, 0) is 72.2 Å². The first kappa shape index (κ1) is 24.9. The fourth-order valence-electron chi connectivity index (χ4n) is 3.80. The van der Waals surface area contributed by atoms with Crippen LogP contribution in [0.25, 0.3) is 30.6 Å². The minimum absolute atomic E-state index is 0.799. The largest absolute Gasteiger partial charge is 0.381 e. The predicted molar refractivity (Wildman–Crippen MR) is 148 cm³/mol. The van der Waals surface area contributed by atoms with E-state index in [1.807, 2.05) is 22.7 Å². The van der Waals surface area contributed by atoms with Gasteiger partial charge in [0, 0.05) is 32.7 Å². The highest BCUT2D eigenvalue weighted by molar-refractivity contribution is 7.25. The van der Waals surface area contributed by atoms with E-state index in [4.69, 9.17) is 9.47 Å². The van der Waals surface area contributed by atoms with Crippen LogP contribution >= 0.6 is 22.7 Å². The molecule has 4 heteroatoms. The van der Waals surface area contributed by atoms with Crippen LogP contribution in [-0.2, 0) is 22.3 Å². The fourth-order valence-corrected chi connectivity index (χ4v) is 5.91. The second-order valence-electron chi connectivity index (χ2n) is 8.45. The van der Waals surface area contributed by atoms with E-state index in [9.17, 15) is 0 Å². The normalized spacial score (nSPS) is 11.2. The summed E-state index contributed by atoms with van der Waals surface area (Å²) in [4.78, 5) is 5.28. The molecule has 178 valence electrons. The highest BCUT2D eigenvalue weighted by Crippen LogP contribution is 2.40. The summed E-state index contributed by atoms with van der Waals surface area (Å²) in [6.07, 6.45) is 4.10. The zero-order valence-corrected chi connectivity index (χ0v) is 21.9. The van der Waals surface area contributed by atoms with E-state index in [1.54, 1.807) is 0 Å². The van der Waals surface area contributed by atoms with Crippen LogP contribution in [0.4, 0.5) is 0 Å². The molecule has 0 spiro atoms. The SMILES string of the molecule is CCCOCCc1ccc(-c2ccc(-c3ccc(-c4ccc(CCOCCC)cc4)s3)s2)cc1. The summed E-state index contributed by atoms with van der Waals surface area (Å²) in [6.45, 7) is 7.58. The van der Waals surface area contributed by atoms with E-state index in [0.29, 0.717) is 0 Å². The first-order valence-electron chi connectivity index (χ1n) is 12.3. The predicted octanol–water partition coefficient (Wildman–Crippen LogP) is 8.75. The van der Waals surface area contributed by atoms with Crippen molar-refractivity contribution in [1.29, 1.82) is 0 Å². The summed E-state index contributed by atoms with van der Waals surface area (Å²) in [7, 11) is 0. The first-order valence-corrected chi connectivity index (χ1v) is 13.9. The van der Waals surface area contributed by atoms with Crippen molar-refractivity contribution in [2.75, 3.05) is 26.4 Å². The highest BCUT2D eigenvalue weighted by atomic mass is 32.1. The molecule has 0 fully saturated rings. The van der Waals surface area contributed by atoms with Gasteiger partial charge in [0.2, 0.25) is 0 Å². The lowest BCUT2D eigenvalue weighted by atomic mass is 10.1. The molecule has 0 radical (unpaired) electrons. The Morgan fingerprint density at radius 1 is 0.471 bits per heavy atom. The Kier molecular flexibility index (Phi) is 9.52. The second-order valence-corrected chi connectivity index (χ2v) is 10.6. The van der Waals surface area contributed by atoms with E-state index in [-0.39, 0.29) is 0 Å². The Labute approximate surface area is 212 Å². The van der Waals surface area contributed by atoms with Gasteiger partial charge in [0.05, 0.1) is 13.2 Å². The zero-order chi connectivity index (χ0) is 23.6. The summed E-state index contributed by atoms with van der Waals surface area (Å²) >= 11 is 3.73. The van der Waals surface area contributed by atoms with Crippen molar-refractivity contribution in [3.8, 4) is 30.6 Å². The molecule has 4 aromatic rings. The number of ether oxygens (including phenoxy) is 2. The van der Waals surface area contributed by atoms with Gasteiger partial charge in [0.15, 0.2) is 0 Å². The Balaban J connectivity index is 1.37. The van der Waals surface area contributed by atoms with Gasteiger partial charge in [-0.1, -0.05) is 62.4 Å². The average molecular weight is 491 g/mol. The molecule has 2 nitrogen and oxygen atoms in total. The molecule has 0 amide bonds. The van der Waals surface area contributed by atoms with Crippen molar-refractivity contribution < 1.29 is 9.47 Å². The van der Waals surface area contributed by atoms with E-state index >= 15 is 0 Å². The van der Waals surface area contributed by atoms with Crippen molar-refractivity contribution in [1.82, 2.24) is 0 Å². The lowest BCUT2D eigenvalue weighted by Gasteiger charge is -2.04. The smallest absolute Gasteiger partial charge is 0.0506 e. The van der Waals surface area contributed by atoms with Gasteiger partial charge in [-0.15, -0.1) is 22.7 Å². The van der Waals surface area contributed by atoms with Crippen LogP contribution in [0, 0.1) is 0 Å². The van der Waals surface area contributed by atoms with Crippen LogP contribution in [-0.4, -0.2) is 26.4 Å². The van der Waals surface area contributed by atoms with Gasteiger partial charge in [0.25, 0.3) is 0 Å². The van der Waals surface area contributed by atoms with Crippen LogP contribution in [0.3, 0.4) is 0 Å². The summed E-state index contributed by atoms with van der Waals surface area (Å²) in [5, 5.41) is 0. The Morgan fingerprint density at radius 3 is 1.24 bits per heavy atom. The molecule has 0 aliphatic carbocycles. The lowest BCUT2D eigenvalue weighted by Crippen LogP contribution is -1.99. The summed E-state index contributed by atoms with van der Waals surface area (Å²) in [5.41, 5.74) is 5.23. The molecule has 0 aliphatic rings. The average Bonchev–Trinajstić information content (AvgIpc) is 3.56. The molecule has 0 atom stereocenters. The topological polar surface area (TPSA) is 18.5 Å². The van der Waals surface area contributed by atoms with Crippen molar-refractivity contribution >= 4 is 22.7 Å². The maximum atomic E-state index is 5.62. The first-order chi connectivity index (χ1) is 16.8. The quantitative estimate of drug-likeness (QED) is 0.174. The van der Waals surface area contributed by atoms with Crippen molar-refractivity contribution in [2.45, 2.75) is 39.5 Å². The number of thiophene rings is 2. The number of benzene rings is 2. The molecule has 2 heterocycles. The lowest BCUT2D eigenvalue weighted by molar-refractivity contribution is 0.138. The Bertz CT molecular complexity index is 1030. The molecule has 2 aromatic heterocycles. The van der Waals surface area contributed by atoms with Crippen LogP contribution < -0.4 is 0 Å². The van der Waals surface area contributed by atoms with Crippen molar-refractivity contribution in [3.05, 3.63) is 83.9 Å². The van der Waals surface area contributed by atoms with E-state index in [0.717, 1.165) is 52.1 Å². The maximum Gasteiger partial charge on any atom is 0.0506 e. The van der Waals surface area contributed by atoms with Gasteiger partial charge in [0.1, 0.15) is 0 Å². The van der Waals surface area contributed by atoms with E-state index in [1.165, 1.54) is 41.8 Å². The highest BCUT2D eigenvalue weighted by Gasteiger charge is 2.09. The van der Waals surface area contributed by atoms with Crippen LogP contribution in [0.1, 0.15) is 37.8 Å². The summed E-state index contributed by atoms with van der Waals surface area (Å²) in [5.74, 6) is 0. The summed E-state index contributed by atoms with van der Waals surface area (Å²) < 4.78 is 11.2. The van der Waals surface area contributed by atoms with Gasteiger partial charge >= 0.3 is 0 Å². The van der Waals surface area contributed by atoms with Gasteiger partial charge in [-0.2, -0.15) is 0 Å². The molecule has 2 aromatic carbocycles. The monoisotopic (exact) mass is 490 g/mol. The van der Waals surface area contributed by atoms with Gasteiger partial charge < -0.3 is 9.47 Å². The molecule has 0 aliphatic heterocycles. The van der Waals surface area contributed by atoms with Crippen molar-refractivity contribution in [2.24, 2.45) is 0 Å². The Hall–Kier alpha value is -2.24. The third kappa shape index (κ3) is 6.89. The minimum atomic E-state index is 0.799.